The summed E-state index contributed by atoms with van der Waals surface area (Å²) in [6.45, 7) is 6.97. The van der Waals surface area contributed by atoms with Gasteiger partial charge in [-0.2, -0.15) is 0 Å². The molecule has 0 radical (unpaired) electrons. The van der Waals surface area contributed by atoms with Crippen molar-refractivity contribution >= 4 is 32.6 Å². The van der Waals surface area contributed by atoms with Crippen LogP contribution in [0.25, 0.3) is 10.2 Å². The van der Waals surface area contributed by atoms with Crippen LogP contribution in [-0.2, 0) is 0 Å². The number of hydrogen-bond acceptors (Lipinski definition) is 7. The highest BCUT2D eigenvalue weighted by Gasteiger charge is 2.19. The largest absolute Gasteiger partial charge is 0.497 e. The van der Waals surface area contributed by atoms with E-state index in [-0.39, 0.29) is 5.91 Å². The predicted molar refractivity (Wildman–Crippen MR) is 114 cm³/mol. The number of nitrogens with zero attached hydrogens (tertiary/aromatic N) is 1. The standard InChI is InChI=1S/C21H24N2O5S/c1-5-26-16-10-13(11-17(27-6-2)19(16)28-7-3)20(24)23-21-22-15-9-8-14(25-4)12-18(15)29-21/h8-12H,5-7H2,1-4H3,(H,22,23,24). The fourth-order valence-corrected chi connectivity index (χ4v) is 3.66. The number of nitrogens with one attached hydrogen (secondary N) is 1. The van der Waals surface area contributed by atoms with E-state index >= 15 is 0 Å². The molecule has 1 N–H and O–H groups in total. The Morgan fingerprint density at radius 3 is 2.24 bits per heavy atom. The van der Waals surface area contributed by atoms with Gasteiger partial charge in [0.25, 0.3) is 5.91 Å². The van der Waals surface area contributed by atoms with Gasteiger partial charge in [0.05, 0.1) is 37.1 Å². The van der Waals surface area contributed by atoms with Crippen molar-refractivity contribution in [2.75, 3.05) is 32.2 Å². The number of rotatable bonds is 9. The zero-order valence-corrected chi connectivity index (χ0v) is 17.7. The van der Waals surface area contributed by atoms with E-state index in [0.717, 1.165) is 16.0 Å². The van der Waals surface area contributed by atoms with E-state index in [9.17, 15) is 4.79 Å². The van der Waals surface area contributed by atoms with Crippen molar-refractivity contribution in [1.82, 2.24) is 4.98 Å². The van der Waals surface area contributed by atoms with Gasteiger partial charge in [0.2, 0.25) is 5.75 Å². The van der Waals surface area contributed by atoms with Gasteiger partial charge in [-0.25, -0.2) is 4.98 Å². The van der Waals surface area contributed by atoms with Gasteiger partial charge in [-0.1, -0.05) is 11.3 Å². The van der Waals surface area contributed by atoms with Crippen molar-refractivity contribution in [2.24, 2.45) is 0 Å². The third-order valence-corrected chi connectivity index (χ3v) is 4.92. The first kappa shape index (κ1) is 20.7. The van der Waals surface area contributed by atoms with Gasteiger partial charge < -0.3 is 18.9 Å². The van der Waals surface area contributed by atoms with E-state index < -0.39 is 0 Å². The summed E-state index contributed by atoms with van der Waals surface area (Å²) in [5, 5.41) is 3.35. The van der Waals surface area contributed by atoms with E-state index in [0.29, 0.717) is 47.8 Å². The minimum atomic E-state index is -0.305. The first-order valence-corrected chi connectivity index (χ1v) is 10.2. The maximum atomic E-state index is 12.9. The van der Waals surface area contributed by atoms with Gasteiger partial charge in [-0.05, 0) is 51.1 Å². The molecule has 0 fully saturated rings. The lowest BCUT2D eigenvalue weighted by atomic mass is 10.1. The maximum absolute atomic E-state index is 12.9. The summed E-state index contributed by atoms with van der Waals surface area (Å²) in [5.41, 5.74) is 1.19. The van der Waals surface area contributed by atoms with Gasteiger partial charge in [-0.15, -0.1) is 0 Å². The second kappa shape index (κ2) is 9.47. The molecule has 0 saturated carbocycles. The number of methoxy groups -OCH3 is 1. The van der Waals surface area contributed by atoms with Gasteiger partial charge in [0.1, 0.15) is 5.75 Å². The second-order valence-corrected chi connectivity index (χ2v) is 6.94. The van der Waals surface area contributed by atoms with Crippen molar-refractivity contribution < 1.29 is 23.7 Å². The molecular weight excluding hydrogens is 392 g/mol. The van der Waals surface area contributed by atoms with E-state index in [4.69, 9.17) is 18.9 Å². The molecule has 0 atom stereocenters. The van der Waals surface area contributed by atoms with Crippen LogP contribution in [0.2, 0.25) is 0 Å². The Morgan fingerprint density at radius 1 is 1.00 bits per heavy atom. The Kier molecular flexibility index (Phi) is 6.77. The van der Waals surface area contributed by atoms with E-state index in [1.807, 2.05) is 39.0 Å². The molecular formula is C21H24N2O5S. The van der Waals surface area contributed by atoms with Crippen molar-refractivity contribution in [1.29, 1.82) is 0 Å². The molecule has 8 heteroatoms. The fourth-order valence-electron chi connectivity index (χ4n) is 2.77. The van der Waals surface area contributed by atoms with Gasteiger partial charge >= 0.3 is 0 Å². The SMILES string of the molecule is CCOc1cc(C(=O)Nc2nc3ccc(OC)cc3s2)cc(OCC)c1OCC. The average molecular weight is 416 g/mol. The van der Waals surface area contributed by atoms with Crippen molar-refractivity contribution in [3.05, 3.63) is 35.9 Å². The smallest absolute Gasteiger partial charge is 0.257 e. The summed E-state index contributed by atoms with van der Waals surface area (Å²) in [6.07, 6.45) is 0. The van der Waals surface area contributed by atoms with Crippen LogP contribution in [0.3, 0.4) is 0 Å². The van der Waals surface area contributed by atoms with E-state index in [2.05, 4.69) is 10.3 Å². The molecule has 3 aromatic rings. The zero-order chi connectivity index (χ0) is 20.8. The third-order valence-electron chi connectivity index (χ3n) is 3.99. The highest BCUT2D eigenvalue weighted by atomic mass is 32.1. The Bertz CT molecular complexity index is 975. The van der Waals surface area contributed by atoms with Crippen LogP contribution in [0.5, 0.6) is 23.0 Å². The molecule has 7 nitrogen and oxygen atoms in total. The summed E-state index contributed by atoms with van der Waals surface area (Å²) >= 11 is 1.38. The molecule has 1 heterocycles. The number of aromatic nitrogens is 1. The summed E-state index contributed by atoms with van der Waals surface area (Å²) in [7, 11) is 1.61. The summed E-state index contributed by atoms with van der Waals surface area (Å²) in [4.78, 5) is 17.3. The average Bonchev–Trinajstić information content (AvgIpc) is 3.11. The Morgan fingerprint density at radius 2 is 1.66 bits per heavy atom. The number of benzene rings is 2. The molecule has 154 valence electrons. The van der Waals surface area contributed by atoms with Gasteiger partial charge in [0, 0.05) is 5.56 Å². The van der Waals surface area contributed by atoms with Crippen LogP contribution in [-0.4, -0.2) is 37.8 Å². The number of amides is 1. The molecule has 2 aromatic carbocycles. The number of carbonyl (C=O) groups is 1. The number of thiazole rings is 1. The lowest BCUT2D eigenvalue weighted by molar-refractivity contribution is 0.102. The number of carbonyl (C=O) groups excluding carboxylic acids is 1. The number of fused-ring (bicyclic) bond motifs is 1. The molecule has 3 rings (SSSR count). The summed E-state index contributed by atoms with van der Waals surface area (Å²) < 4.78 is 23.2. The molecule has 0 aliphatic heterocycles. The van der Waals surface area contributed by atoms with Gasteiger partial charge in [-0.3, -0.25) is 10.1 Å². The van der Waals surface area contributed by atoms with Crippen molar-refractivity contribution in [3.63, 3.8) is 0 Å². The fraction of sp³-hybridized carbons (Fsp3) is 0.333. The summed E-state index contributed by atoms with van der Waals surface area (Å²) in [6, 6.07) is 8.89. The monoisotopic (exact) mass is 416 g/mol. The second-order valence-electron chi connectivity index (χ2n) is 5.91. The minimum Gasteiger partial charge on any atom is -0.497 e. The molecule has 0 saturated heterocycles. The zero-order valence-electron chi connectivity index (χ0n) is 16.9. The lowest BCUT2D eigenvalue weighted by Gasteiger charge is -2.16. The molecule has 0 aliphatic rings. The Hall–Kier alpha value is -3.00. The van der Waals surface area contributed by atoms with Crippen LogP contribution >= 0.6 is 11.3 Å². The predicted octanol–water partition coefficient (Wildman–Crippen LogP) is 4.75. The topological polar surface area (TPSA) is 78.9 Å². The normalized spacial score (nSPS) is 10.6. The van der Waals surface area contributed by atoms with Crippen molar-refractivity contribution in [2.45, 2.75) is 20.8 Å². The van der Waals surface area contributed by atoms with E-state index in [1.165, 1.54) is 11.3 Å². The molecule has 1 amide bonds. The first-order valence-electron chi connectivity index (χ1n) is 9.41. The third kappa shape index (κ3) is 4.71. The first-order chi connectivity index (χ1) is 14.1. The van der Waals surface area contributed by atoms with Crippen molar-refractivity contribution in [3.8, 4) is 23.0 Å². The Balaban J connectivity index is 1.91. The summed E-state index contributed by atoms with van der Waals surface area (Å²) in [5.74, 6) is 1.88. The van der Waals surface area contributed by atoms with Crippen LogP contribution < -0.4 is 24.3 Å². The van der Waals surface area contributed by atoms with Crippen LogP contribution in [0.4, 0.5) is 5.13 Å². The van der Waals surface area contributed by atoms with Crippen LogP contribution in [0.1, 0.15) is 31.1 Å². The molecule has 0 bridgehead atoms. The maximum Gasteiger partial charge on any atom is 0.257 e. The quantitative estimate of drug-likeness (QED) is 0.542. The number of ether oxygens (including phenoxy) is 4. The lowest BCUT2D eigenvalue weighted by Crippen LogP contribution is -2.13. The Labute approximate surface area is 173 Å². The van der Waals surface area contributed by atoms with E-state index in [1.54, 1.807) is 19.2 Å². The number of anilines is 1. The van der Waals surface area contributed by atoms with Crippen LogP contribution in [0.15, 0.2) is 30.3 Å². The molecule has 0 spiro atoms. The van der Waals surface area contributed by atoms with Crippen LogP contribution in [0, 0.1) is 0 Å². The molecule has 0 unspecified atom stereocenters. The molecule has 0 aliphatic carbocycles. The van der Waals surface area contributed by atoms with Gasteiger partial charge in [0.15, 0.2) is 16.6 Å². The highest BCUT2D eigenvalue weighted by molar-refractivity contribution is 7.22. The number of hydrogen-bond donors (Lipinski definition) is 1. The minimum absolute atomic E-state index is 0.305. The molecule has 29 heavy (non-hydrogen) atoms. The molecule has 1 aromatic heterocycles. The highest BCUT2D eigenvalue weighted by Crippen LogP contribution is 2.39.